The van der Waals surface area contributed by atoms with Crippen LogP contribution in [0.4, 0.5) is 4.79 Å². The number of hydrogen-bond acceptors (Lipinski definition) is 4. The number of rotatable bonds is 9. The van der Waals surface area contributed by atoms with E-state index >= 15 is 0 Å². The summed E-state index contributed by atoms with van der Waals surface area (Å²) in [7, 11) is 2.14. The molecule has 1 aromatic rings. The maximum atomic E-state index is 11.7. The van der Waals surface area contributed by atoms with Crippen LogP contribution in [0.3, 0.4) is 0 Å². The summed E-state index contributed by atoms with van der Waals surface area (Å²) < 4.78 is 5.94. The first-order valence-electron chi connectivity index (χ1n) is 11.3. The van der Waals surface area contributed by atoms with E-state index in [-0.39, 0.29) is 17.5 Å². The maximum Gasteiger partial charge on any atom is 0.405 e. The van der Waals surface area contributed by atoms with Crippen LogP contribution in [0.15, 0.2) is 24.3 Å². The lowest BCUT2D eigenvalue weighted by Gasteiger charge is -2.47. The number of benzene rings is 1. The summed E-state index contributed by atoms with van der Waals surface area (Å²) >= 11 is 0. The van der Waals surface area contributed by atoms with E-state index in [2.05, 4.69) is 56.8 Å². The second-order valence-electron chi connectivity index (χ2n) is 9.85. The Hall–Kier alpha value is -1.79. The zero-order chi connectivity index (χ0) is 22.3. The van der Waals surface area contributed by atoms with Gasteiger partial charge in [0, 0.05) is 32.2 Å². The topological polar surface area (TPSA) is 65.0 Å². The number of carbonyl (C=O) groups is 1. The van der Waals surface area contributed by atoms with Gasteiger partial charge in [0.1, 0.15) is 5.75 Å². The second-order valence-corrected chi connectivity index (χ2v) is 9.85. The molecular weight excluding hydrogens is 378 g/mol. The fourth-order valence-electron chi connectivity index (χ4n) is 4.42. The molecule has 2 unspecified atom stereocenters. The molecule has 2 N–H and O–H groups in total. The number of nitrogens with zero attached hydrogens (tertiary/aromatic N) is 2. The summed E-state index contributed by atoms with van der Waals surface area (Å²) in [5.41, 5.74) is 0.888. The molecule has 1 amide bonds. The van der Waals surface area contributed by atoms with E-state index in [1.165, 1.54) is 0 Å². The summed E-state index contributed by atoms with van der Waals surface area (Å²) in [5.74, 6) is 1.36. The van der Waals surface area contributed by atoms with E-state index in [0.717, 1.165) is 50.3 Å². The number of carboxylic acid groups (broad SMARTS) is 1. The molecule has 170 valence electrons. The van der Waals surface area contributed by atoms with Crippen LogP contribution in [0.25, 0.3) is 0 Å². The van der Waals surface area contributed by atoms with Crippen molar-refractivity contribution in [3.8, 4) is 5.75 Å². The number of piperazine rings is 1. The van der Waals surface area contributed by atoms with Crippen LogP contribution in [0.5, 0.6) is 5.75 Å². The van der Waals surface area contributed by atoms with Crippen LogP contribution in [-0.2, 0) is 0 Å². The highest BCUT2D eigenvalue weighted by atomic mass is 16.5. The van der Waals surface area contributed by atoms with Crippen molar-refractivity contribution in [3.05, 3.63) is 29.8 Å². The van der Waals surface area contributed by atoms with Gasteiger partial charge in [-0.2, -0.15) is 0 Å². The predicted octanol–water partition coefficient (Wildman–Crippen LogP) is 4.47. The van der Waals surface area contributed by atoms with Gasteiger partial charge in [0.15, 0.2) is 0 Å². The Morgan fingerprint density at radius 1 is 1.17 bits per heavy atom. The first-order valence-corrected chi connectivity index (χ1v) is 11.3. The third-order valence-electron chi connectivity index (χ3n) is 5.97. The van der Waals surface area contributed by atoms with Crippen molar-refractivity contribution in [3.63, 3.8) is 0 Å². The molecule has 0 spiro atoms. The lowest BCUT2D eigenvalue weighted by molar-refractivity contribution is 0.0305. The number of amides is 1. The summed E-state index contributed by atoms with van der Waals surface area (Å²) in [6, 6.07) is 7.70. The molecule has 0 aliphatic carbocycles. The molecule has 3 atom stereocenters. The predicted molar refractivity (Wildman–Crippen MR) is 122 cm³/mol. The normalized spacial score (nSPS) is 19.1. The van der Waals surface area contributed by atoms with Gasteiger partial charge >= 0.3 is 6.09 Å². The Labute approximate surface area is 182 Å². The first kappa shape index (κ1) is 24.5. The average molecular weight is 420 g/mol. The molecule has 0 bridgehead atoms. The van der Waals surface area contributed by atoms with E-state index in [1.54, 1.807) is 0 Å². The van der Waals surface area contributed by atoms with Gasteiger partial charge in [-0.25, -0.2) is 4.79 Å². The third kappa shape index (κ3) is 7.17. The van der Waals surface area contributed by atoms with E-state index < -0.39 is 6.09 Å². The molecule has 1 fully saturated rings. The molecule has 30 heavy (non-hydrogen) atoms. The van der Waals surface area contributed by atoms with Crippen LogP contribution in [0.2, 0.25) is 0 Å². The smallest absolute Gasteiger partial charge is 0.405 e. The average Bonchev–Trinajstić information content (AvgIpc) is 2.67. The molecule has 2 rings (SSSR count). The molecule has 6 heteroatoms. The van der Waals surface area contributed by atoms with E-state index in [4.69, 9.17) is 4.74 Å². The van der Waals surface area contributed by atoms with E-state index in [9.17, 15) is 9.90 Å². The Balaban J connectivity index is 2.22. The lowest BCUT2D eigenvalue weighted by atomic mass is 9.78. The minimum atomic E-state index is -0.989. The van der Waals surface area contributed by atoms with Gasteiger partial charge in [-0.05, 0) is 42.5 Å². The zero-order valence-corrected chi connectivity index (χ0v) is 19.6. The van der Waals surface area contributed by atoms with Crippen LogP contribution in [0, 0.1) is 11.3 Å². The van der Waals surface area contributed by atoms with Crippen molar-refractivity contribution in [1.29, 1.82) is 0 Å². The monoisotopic (exact) mass is 419 g/mol. The van der Waals surface area contributed by atoms with Crippen molar-refractivity contribution in [2.24, 2.45) is 11.3 Å². The van der Waals surface area contributed by atoms with Crippen molar-refractivity contribution in [2.75, 3.05) is 39.8 Å². The van der Waals surface area contributed by atoms with Crippen molar-refractivity contribution in [2.45, 2.75) is 59.5 Å². The van der Waals surface area contributed by atoms with Gasteiger partial charge in [-0.3, -0.25) is 4.90 Å². The molecular formula is C24H41N3O3. The SMILES string of the molecule is CCCC(C)COc1ccc([C@@H](NC(=O)O)C(N2CCN(C)CC2)C(C)(C)C)cc1. The molecule has 1 aliphatic rings. The van der Waals surface area contributed by atoms with E-state index in [0.29, 0.717) is 12.5 Å². The Morgan fingerprint density at radius 3 is 2.27 bits per heavy atom. The molecule has 0 radical (unpaired) electrons. The third-order valence-corrected chi connectivity index (χ3v) is 5.97. The van der Waals surface area contributed by atoms with Gasteiger partial charge in [0.05, 0.1) is 12.6 Å². The molecule has 6 nitrogen and oxygen atoms in total. The highest BCUT2D eigenvalue weighted by Crippen LogP contribution is 2.35. The van der Waals surface area contributed by atoms with Crippen molar-refractivity contribution in [1.82, 2.24) is 15.1 Å². The maximum absolute atomic E-state index is 11.7. The highest BCUT2D eigenvalue weighted by molar-refractivity contribution is 5.65. The highest BCUT2D eigenvalue weighted by Gasteiger charge is 2.39. The Kier molecular flexibility index (Phi) is 8.98. The minimum Gasteiger partial charge on any atom is -0.493 e. The van der Waals surface area contributed by atoms with Gasteiger partial charge in [0.2, 0.25) is 0 Å². The standard InChI is InChI=1S/C24H41N3O3/c1-7-8-18(2)17-30-20-11-9-19(10-12-20)21(25-23(28)29)22(24(3,4)5)27-15-13-26(6)14-16-27/h9-12,18,21-22,25H,7-8,13-17H2,1-6H3,(H,28,29)/t18?,21-,22?/m1/s1. The fraction of sp³-hybridized carbons (Fsp3) is 0.708. The second kappa shape index (κ2) is 11.0. The molecule has 1 aromatic carbocycles. The molecule has 0 saturated carbocycles. The quantitative estimate of drug-likeness (QED) is 0.618. The minimum absolute atomic E-state index is 0.0543. The van der Waals surface area contributed by atoms with Crippen LogP contribution < -0.4 is 10.1 Å². The Morgan fingerprint density at radius 2 is 1.77 bits per heavy atom. The lowest BCUT2D eigenvalue weighted by Crippen LogP contribution is -2.57. The van der Waals surface area contributed by atoms with E-state index in [1.807, 2.05) is 24.3 Å². The van der Waals surface area contributed by atoms with Crippen molar-refractivity contribution < 1.29 is 14.6 Å². The summed E-state index contributed by atoms with van der Waals surface area (Å²) in [6.45, 7) is 15.5. The number of hydrogen-bond donors (Lipinski definition) is 2. The van der Waals surface area contributed by atoms with Crippen LogP contribution >= 0.6 is 0 Å². The van der Waals surface area contributed by atoms with Gasteiger partial charge in [-0.1, -0.05) is 53.2 Å². The van der Waals surface area contributed by atoms with Gasteiger partial charge in [0.25, 0.3) is 0 Å². The number of likely N-dealkylation sites (N-methyl/N-ethyl adjacent to an activating group) is 1. The first-order chi connectivity index (χ1) is 14.1. The fourth-order valence-corrected chi connectivity index (χ4v) is 4.42. The number of nitrogens with one attached hydrogen (secondary N) is 1. The summed E-state index contributed by atoms with van der Waals surface area (Å²) in [5, 5.41) is 12.4. The summed E-state index contributed by atoms with van der Waals surface area (Å²) in [4.78, 5) is 16.5. The zero-order valence-electron chi connectivity index (χ0n) is 19.6. The van der Waals surface area contributed by atoms with Crippen LogP contribution in [-0.4, -0.2) is 66.9 Å². The molecule has 1 heterocycles. The molecule has 1 aliphatic heterocycles. The molecule has 1 saturated heterocycles. The van der Waals surface area contributed by atoms with Gasteiger partial charge < -0.3 is 20.1 Å². The van der Waals surface area contributed by atoms with Gasteiger partial charge in [-0.15, -0.1) is 0 Å². The Bertz CT molecular complexity index is 649. The summed E-state index contributed by atoms with van der Waals surface area (Å²) in [6.07, 6.45) is 1.32. The largest absolute Gasteiger partial charge is 0.493 e. The molecule has 0 aromatic heterocycles. The number of ether oxygens (including phenoxy) is 1. The van der Waals surface area contributed by atoms with Crippen LogP contribution in [0.1, 0.15) is 59.1 Å². The van der Waals surface area contributed by atoms with Crippen molar-refractivity contribution >= 4 is 6.09 Å².